The van der Waals surface area contributed by atoms with E-state index in [9.17, 15) is 13.9 Å². The van der Waals surface area contributed by atoms with Crippen molar-refractivity contribution in [3.63, 3.8) is 0 Å². The van der Waals surface area contributed by atoms with Crippen LogP contribution in [-0.2, 0) is 0 Å². The van der Waals surface area contributed by atoms with Crippen molar-refractivity contribution in [2.45, 2.75) is 0 Å². The maximum atomic E-state index is 13.8. The van der Waals surface area contributed by atoms with Gasteiger partial charge in [0.1, 0.15) is 11.5 Å². The molecule has 0 atom stereocenters. The highest BCUT2D eigenvalue weighted by atomic mass is 32.1. The molecule has 0 amide bonds. The van der Waals surface area contributed by atoms with Crippen molar-refractivity contribution in [1.82, 2.24) is 0 Å². The van der Waals surface area contributed by atoms with Crippen molar-refractivity contribution in [3.05, 3.63) is 72.3 Å². The molecule has 4 rings (SSSR count). The summed E-state index contributed by atoms with van der Waals surface area (Å²) in [5.41, 5.74) is 1.95. The first-order chi connectivity index (χ1) is 12.6. The number of methoxy groups -OCH3 is 1. The van der Waals surface area contributed by atoms with Crippen LogP contribution < -0.4 is 4.74 Å². The van der Waals surface area contributed by atoms with Gasteiger partial charge in [-0.25, -0.2) is 8.78 Å². The Kier molecular flexibility index (Phi) is 4.09. The number of rotatable bonds is 3. The molecule has 130 valence electrons. The monoisotopic (exact) mass is 368 g/mol. The quantitative estimate of drug-likeness (QED) is 0.465. The highest BCUT2D eigenvalue weighted by Crippen LogP contribution is 2.47. The number of aromatic hydroxyl groups is 1. The Hall–Kier alpha value is -2.92. The van der Waals surface area contributed by atoms with Gasteiger partial charge in [-0.3, -0.25) is 0 Å². The van der Waals surface area contributed by atoms with Crippen LogP contribution in [0.5, 0.6) is 11.5 Å². The third kappa shape index (κ3) is 2.70. The Morgan fingerprint density at radius 1 is 0.923 bits per heavy atom. The van der Waals surface area contributed by atoms with Gasteiger partial charge < -0.3 is 9.84 Å². The topological polar surface area (TPSA) is 29.5 Å². The fourth-order valence-corrected chi connectivity index (χ4v) is 4.26. The number of hydrogen-bond donors (Lipinski definition) is 1. The third-order valence-electron chi connectivity index (χ3n) is 4.25. The van der Waals surface area contributed by atoms with E-state index < -0.39 is 11.6 Å². The second-order valence-corrected chi connectivity index (χ2v) is 6.87. The van der Waals surface area contributed by atoms with Crippen LogP contribution in [0.4, 0.5) is 8.78 Å². The molecule has 1 aromatic heterocycles. The minimum atomic E-state index is -0.900. The number of fused-ring (bicyclic) bond motifs is 1. The molecule has 4 aromatic rings. The molecule has 1 N–H and O–H groups in total. The van der Waals surface area contributed by atoms with Gasteiger partial charge in [-0.15, -0.1) is 11.3 Å². The summed E-state index contributed by atoms with van der Waals surface area (Å²) in [4.78, 5) is 0.789. The zero-order valence-corrected chi connectivity index (χ0v) is 14.6. The Labute approximate surface area is 152 Å². The third-order valence-corrected chi connectivity index (χ3v) is 5.46. The van der Waals surface area contributed by atoms with Gasteiger partial charge in [-0.1, -0.05) is 24.3 Å². The fraction of sp³-hybridized carbons (Fsp3) is 0.0476. The van der Waals surface area contributed by atoms with Crippen LogP contribution in [0, 0.1) is 11.6 Å². The number of phenolic OH excluding ortho intramolecular Hbond substituents is 1. The first-order valence-corrected chi connectivity index (χ1v) is 8.74. The molecule has 0 saturated carbocycles. The van der Waals surface area contributed by atoms with E-state index in [0.717, 1.165) is 26.6 Å². The Morgan fingerprint density at radius 2 is 1.73 bits per heavy atom. The average molecular weight is 368 g/mol. The summed E-state index contributed by atoms with van der Waals surface area (Å²) in [6.45, 7) is 0. The molecule has 5 heteroatoms. The smallest absolute Gasteiger partial charge is 0.159 e. The number of phenols is 1. The van der Waals surface area contributed by atoms with E-state index in [1.165, 1.54) is 30.6 Å². The summed E-state index contributed by atoms with van der Waals surface area (Å²) in [5.74, 6) is -1.17. The van der Waals surface area contributed by atoms with E-state index >= 15 is 0 Å². The van der Waals surface area contributed by atoms with E-state index in [-0.39, 0.29) is 5.75 Å². The molecular formula is C21H14F2O2S. The highest BCUT2D eigenvalue weighted by Gasteiger charge is 2.19. The zero-order valence-electron chi connectivity index (χ0n) is 13.8. The molecule has 0 unspecified atom stereocenters. The van der Waals surface area contributed by atoms with Gasteiger partial charge >= 0.3 is 0 Å². The van der Waals surface area contributed by atoms with Gasteiger partial charge in [0, 0.05) is 32.2 Å². The standard InChI is InChI=1S/C21H14F2O2S/c1-25-13-7-8-14(18(24)11-13)21-20(12-6-9-16(22)17(23)10-12)15-4-2-3-5-19(15)26-21/h2-11,24H,1H3. The maximum Gasteiger partial charge on any atom is 0.159 e. The second kappa shape index (κ2) is 6.42. The van der Waals surface area contributed by atoms with Gasteiger partial charge in [-0.2, -0.15) is 0 Å². The zero-order chi connectivity index (χ0) is 18.3. The molecule has 3 aromatic carbocycles. The molecule has 2 nitrogen and oxygen atoms in total. The summed E-state index contributed by atoms with van der Waals surface area (Å²) in [7, 11) is 1.53. The van der Waals surface area contributed by atoms with Crippen molar-refractivity contribution in [3.8, 4) is 33.1 Å². The van der Waals surface area contributed by atoms with E-state index in [4.69, 9.17) is 4.74 Å². The SMILES string of the molecule is COc1ccc(-c2sc3ccccc3c2-c2ccc(F)c(F)c2)c(O)c1. The molecule has 1 heterocycles. The van der Waals surface area contributed by atoms with Crippen LogP contribution in [0.3, 0.4) is 0 Å². The summed E-state index contributed by atoms with van der Waals surface area (Å²) < 4.78 is 33.4. The predicted molar refractivity (Wildman–Crippen MR) is 101 cm³/mol. The first-order valence-electron chi connectivity index (χ1n) is 7.93. The van der Waals surface area contributed by atoms with Gasteiger partial charge in [-0.05, 0) is 35.9 Å². The molecule has 0 aliphatic carbocycles. The normalized spacial score (nSPS) is 11.0. The lowest BCUT2D eigenvalue weighted by Gasteiger charge is -2.09. The van der Waals surface area contributed by atoms with E-state index in [2.05, 4.69) is 0 Å². The fourth-order valence-electron chi connectivity index (χ4n) is 3.00. The molecule has 0 aliphatic heterocycles. The number of ether oxygens (including phenoxy) is 1. The van der Waals surface area contributed by atoms with E-state index in [1.54, 1.807) is 18.2 Å². The van der Waals surface area contributed by atoms with Crippen molar-refractivity contribution >= 4 is 21.4 Å². The van der Waals surface area contributed by atoms with Crippen molar-refractivity contribution in [2.75, 3.05) is 7.11 Å². The predicted octanol–water partition coefficient (Wildman–Crippen LogP) is 6.23. The average Bonchev–Trinajstić information content (AvgIpc) is 3.03. The largest absolute Gasteiger partial charge is 0.507 e. The van der Waals surface area contributed by atoms with Gasteiger partial charge in [0.25, 0.3) is 0 Å². The Morgan fingerprint density at radius 3 is 2.46 bits per heavy atom. The van der Waals surface area contributed by atoms with Gasteiger partial charge in [0.15, 0.2) is 11.6 Å². The van der Waals surface area contributed by atoms with Crippen LogP contribution in [-0.4, -0.2) is 12.2 Å². The molecule has 0 spiro atoms. The lowest BCUT2D eigenvalue weighted by Crippen LogP contribution is -1.87. The minimum Gasteiger partial charge on any atom is -0.507 e. The van der Waals surface area contributed by atoms with Crippen LogP contribution >= 0.6 is 11.3 Å². The Balaban J connectivity index is 2.02. The molecule has 0 bridgehead atoms. The Bertz CT molecular complexity index is 1120. The van der Waals surface area contributed by atoms with Crippen LogP contribution in [0.1, 0.15) is 0 Å². The van der Waals surface area contributed by atoms with Crippen molar-refractivity contribution < 1.29 is 18.6 Å². The second-order valence-electron chi connectivity index (χ2n) is 5.81. The number of benzene rings is 3. The van der Waals surface area contributed by atoms with Crippen molar-refractivity contribution in [1.29, 1.82) is 0 Å². The number of thiophene rings is 1. The number of halogens is 2. The molecule has 26 heavy (non-hydrogen) atoms. The van der Waals surface area contributed by atoms with Gasteiger partial charge in [0.2, 0.25) is 0 Å². The summed E-state index contributed by atoms with van der Waals surface area (Å²) >= 11 is 1.49. The molecule has 0 aliphatic rings. The number of hydrogen-bond acceptors (Lipinski definition) is 3. The highest BCUT2D eigenvalue weighted by molar-refractivity contribution is 7.23. The van der Waals surface area contributed by atoms with Crippen molar-refractivity contribution in [2.24, 2.45) is 0 Å². The molecule has 0 radical (unpaired) electrons. The minimum absolute atomic E-state index is 0.0692. The lowest BCUT2D eigenvalue weighted by atomic mass is 9.98. The molecule has 0 saturated heterocycles. The van der Waals surface area contributed by atoms with E-state index in [0.29, 0.717) is 16.9 Å². The van der Waals surface area contributed by atoms with E-state index in [1.807, 2.05) is 24.3 Å². The first kappa shape index (κ1) is 16.5. The molecule has 0 fully saturated rings. The lowest BCUT2D eigenvalue weighted by molar-refractivity contribution is 0.408. The van der Waals surface area contributed by atoms with Crippen LogP contribution in [0.15, 0.2) is 60.7 Å². The van der Waals surface area contributed by atoms with Gasteiger partial charge in [0.05, 0.1) is 7.11 Å². The van der Waals surface area contributed by atoms with Crippen LogP contribution in [0.2, 0.25) is 0 Å². The maximum absolute atomic E-state index is 13.8. The molecular weight excluding hydrogens is 354 g/mol. The summed E-state index contributed by atoms with van der Waals surface area (Å²) in [6, 6.07) is 16.6. The van der Waals surface area contributed by atoms with Crippen LogP contribution in [0.25, 0.3) is 31.7 Å². The summed E-state index contributed by atoms with van der Waals surface area (Å²) in [5, 5.41) is 11.4. The summed E-state index contributed by atoms with van der Waals surface area (Å²) in [6.07, 6.45) is 0.